The highest BCUT2D eigenvalue weighted by atomic mass is 32.1. The normalized spacial score (nSPS) is 11.7. The maximum atomic E-state index is 12.1. The first-order chi connectivity index (χ1) is 11.3. The molecule has 0 saturated heterocycles. The summed E-state index contributed by atoms with van der Waals surface area (Å²) < 4.78 is 7.37. The molecule has 0 aliphatic rings. The summed E-state index contributed by atoms with van der Waals surface area (Å²) in [4.78, 5) is 21.2. The van der Waals surface area contributed by atoms with Gasteiger partial charge in [0.2, 0.25) is 5.71 Å². The summed E-state index contributed by atoms with van der Waals surface area (Å²) in [6, 6.07) is 15.4. The second-order valence-corrected chi connectivity index (χ2v) is 7.10. The SMILES string of the molecule is O=c1oc2nc(-c3nc4ccccc4s3)sc2c2ccccc12. The Morgan fingerprint density at radius 2 is 1.57 bits per heavy atom. The van der Waals surface area contributed by atoms with Crippen molar-refractivity contribution in [2.75, 3.05) is 0 Å². The molecule has 3 heterocycles. The fraction of sp³-hybridized carbons (Fsp3) is 0. The average molecular weight is 336 g/mol. The van der Waals surface area contributed by atoms with Crippen molar-refractivity contribution in [1.29, 1.82) is 0 Å². The molecule has 0 amide bonds. The summed E-state index contributed by atoms with van der Waals surface area (Å²) in [7, 11) is 0. The van der Waals surface area contributed by atoms with E-state index in [1.807, 2.05) is 42.5 Å². The van der Waals surface area contributed by atoms with Crippen LogP contribution in [0.15, 0.2) is 57.7 Å². The number of fused-ring (bicyclic) bond motifs is 4. The lowest BCUT2D eigenvalue weighted by molar-refractivity contribution is 0.560. The maximum absolute atomic E-state index is 12.1. The van der Waals surface area contributed by atoms with Crippen LogP contribution in [0, 0.1) is 0 Å². The van der Waals surface area contributed by atoms with E-state index in [0.717, 1.165) is 30.3 Å². The van der Waals surface area contributed by atoms with Gasteiger partial charge in [-0.2, -0.15) is 4.98 Å². The summed E-state index contributed by atoms with van der Waals surface area (Å²) in [5.41, 5.74) is 0.986. The van der Waals surface area contributed by atoms with Crippen molar-refractivity contribution in [3.63, 3.8) is 0 Å². The fourth-order valence-corrected chi connectivity index (χ4v) is 4.62. The van der Waals surface area contributed by atoms with Crippen molar-refractivity contribution in [1.82, 2.24) is 9.97 Å². The van der Waals surface area contributed by atoms with Gasteiger partial charge in [-0.3, -0.25) is 0 Å². The van der Waals surface area contributed by atoms with E-state index < -0.39 is 0 Å². The molecule has 0 aliphatic carbocycles. The molecule has 0 radical (unpaired) electrons. The third-order valence-electron chi connectivity index (χ3n) is 3.65. The van der Waals surface area contributed by atoms with Gasteiger partial charge in [-0.25, -0.2) is 9.78 Å². The first-order valence-corrected chi connectivity index (χ1v) is 8.61. The lowest BCUT2D eigenvalue weighted by Crippen LogP contribution is -1.98. The van der Waals surface area contributed by atoms with Crippen molar-refractivity contribution in [3.05, 3.63) is 59.0 Å². The van der Waals surface area contributed by atoms with Gasteiger partial charge < -0.3 is 4.42 Å². The van der Waals surface area contributed by atoms with Gasteiger partial charge in [0, 0.05) is 5.39 Å². The van der Waals surface area contributed by atoms with E-state index in [1.54, 1.807) is 17.4 Å². The molecule has 110 valence electrons. The smallest absolute Gasteiger partial charge is 0.345 e. The van der Waals surface area contributed by atoms with Crippen LogP contribution < -0.4 is 5.63 Å². The van der Waals surface area contributed by atoms with Crippen LogP contribution >= 0.6 is 22.7 Å². The molecule has 0 atom stereocenters. The molecular weight excluding hydrogens is 328 g/mol. The van der Waals surface area contributed by atoms with Crippen LogP contribution in [0.3, 0.4) is 0 Å². The zero-order valence-corrected chi connectivity index (χ0v) is 13.3. The minimum atomic E-state index is -0.353. The summed E-state index contributed by atoms with van der Waals surface area (Å²) in [5, 5.41) is 3.09. The Labute approximate surface area is 137 Å². The van der Waals surface area contributed by atoms with Crippen LogP contribution in [0.4, 0.5) is 0 Å². The molecule has 0 bridgehead atoms. The highest BCUT2D eigenvalue weighted by Crippen LogP contribution is 2.37. The summed E-state index contributed by atoms with van der Waals surface area (Å²) in [5.74, 6) is 0. The maximum Gasteiger partial charge on any atom is 0.345 e. The molecule has 2 aromatic carbocycles. The predicted molar refractivity (Wildman–Crippen MR) is 94.3 cm³/mol. The number of benzene rings is 2. The van der Waals surface area contributed by atoms with E-state index in [0.29, 0.717) is 11.1 Å². The molecule has 0 fully saturated rings. The van der Waals surface area contributed by atoms with Gasteiger partial charge in [-0.1, -0.05) is 30.3 Å². The van der Waals surface area contributed by atoms with E-state index in [2.05, 4.69) is 9.97 Å². The molecule has 6 heteroatoms. The Morgan fingerprint density at radius 1 is 0.826 bits per heavy atom. The first-order valence-electron chi connectivity index (χ1n) is 6.98. The van der Waals surface area contributed by atoms with E-state index >= 15 is 0 Å². The van der Waals surface area contributed by atoms with E-state index in [9.17, 15) is 4.79 Å². The Kier molecular flexibility index (Phi) is 2.65. The Hall–Kier alpha value is -2.57. The number of para-hydroxylation sites is 1. The molecule has 0 spiro atoms. The van der Waals surface area contributed by atoms with Crippen LogP contribution in [-0.2, 0) is 0 Å². The molecule has 0 aliphatic heterocycles. The average Bonchev–Trinajstić information content (AvgIpc) is 3.18. The minimum absolute atomic E-state index is 0.353. The van der Waals surface area contributed by atoms with Crippen LogP contribution in [-0.4, -0.2) is 9.97 Å². The van der Waals surface area contributed by atoms with Crippen LogP contribution in [0.25, 0.3) is 41.4 Å². The largest absolute Gasteiger partial charge is 0.402 e. The molecular formula is C17H8N2O2S2. The molecule has 0 unspecified atom stereocenters. The van der Waals surface area contributed by atoms with Crippen LogP contribution in [0.5, 0.6) is 0 Å². The fourth-order valence-electron chi connectivity index (χ4n) is 2.60. The van der Waals surface area contributed by atoms with E-state index in [1.165, 1.54) is 11.3 Å². The quantitative estimate of drug-likeness (QED) is 0.446. The Morgan fingerprint density at radius 3 is 2.43 bits per heavy atom. The second-order valence-electron chi connectivity index (χ2n) is 5.08. The van der Waals surface area contributed by atoms with Crippen molar-refractivity contribution >= 4 is 54.1 Å². The van der Waals surface area contributed by atoms with Gasteiger partial charge in [-0.05, 0) is 18.2 Å². The van der Waals surface area contributed by atoms with Crippen molar-refractivity contribution in [3.8, 4) is 10.0 Å². The highest BCUT2D eigenvalue weighted by molar-refractivity contribution is 7.28. The summed E-state index contributed by atoms with van der Waals surface area (Å²) in [6.45, 7) is 0. The minimum Gasteiger partial charge on any atom is -0.402 e. The number of aromatic nitrogens is 2. The van der Waals surface area contributed by atoms with Gasteiger partial charge in [0.15, 0.2) is 10.0 Å². The summed E-state index contributed by atoms with van der Waals surface area (Å²) >= 11 is 3.10. The monoisotopic (exact) mass is 336 g/mol. The zero-order valence-electron chi connectivity index (χ0n) is 11.6. The van der Waals surface area contributed by atoms with E-state index in [4.69, 9.17) is 4.42 Å². The van der Waals surface area contributed by atoms with Crippen molar-refractivity contribution < 1.29 is 4.42 Å². The second kappa shape index (κ2) is 4.71. The van der Waals surface area contributed by atoms with Crippen LogP contribution in [0.1, 0.15) is 0 Å². The van der Waals surface area contributed by atoms with Gasteiger partial charge in [0.1, 0.15) is 4.70 Å². The molecule has 5 rings (SSSR count). The third kappa shape index (κ3) is 1.92. The molecule has 23 heavy (non-hydrogen) atoms. The van der Waals surface area contributed by atoms with Crippen molar-refractivity contribution in [2.24, 2.45) is 0 Å². The topological polar surface area (TPSA) is 56.0 Å². The number of hydrogen-bond donors (Lipinski definition) is 0. The molecule has 0 N–H and O–H groups in total. The van der Waals surface area contributed by atoms with Crippen LogP contribution in [0.2, 0.25) is 0 Å². The molecule has 3 aromatic heterocycles. The zero-order chi connectivity index (χ0) is 15.4. The number of hydrogen-bond acceptors (Lipinski definition) is 6. The Balaban J connectivity index is 1.83. The predicted octanol–water partition coefficient (Wildman–Crippen LogP) is 4.68. The standard InChI is InChI=1S/C17H8N2O2S2/c20-17-10-6-2-1-5-9(10)13-14(21-17)19-16(23-13)15-18-11-7-3-4-8-12(11)22-15/h1-8H. The van der Waals surface area contributed by atoms with Gasteiger partial charge >= 0.3 is 5.63 Å². The lowest BCUT2D eigenvalue weighted by atomic mass is 10.2. The number of thiazole rings is 2. The lowest BCUT2D eigenvalue weighted by Gasteiger charge is -1.94. The molecule has 5 aromatic rings. The first kappa shape index (κ1) is 12.9. The summed E-state index contributed by atoms with van der Waals surface area (Å²) in [6.07, 6.45) is 0. The van der Waals surface area contributed by atoms with Gasteiger partial charge in [-0.15, -0.1) is 22.7 Å². The molecule has 4 nitrogen and oxygen atoms in total. The van der Waals surface area contributed by atoms with E-state index in [-0.39, 0.29) is 5.63 Å². The highest BCUT2D eigenvalue weighted by Gasteiger charge is 2.16. The third-order valence-corrected chi connectivity index (χ3v) is 5.90. The number of nitrogens with zero attached hydrogens (tertiary/aromatic N) is 2. The number of rotatable bonds is 1. The van der Waals surface area contributed by atoms with Crippen molar-refractivity contribution in [2.45, 2.75) is 0 Å². The van der Waals surface area contributed by atoms with Gasteiger partial charge in [0.05, 0.1) is 15.6 Å². The Bertz CT molecular complexity index is 1220. The molecule has 0 saturated carbocycles. The van der Waals surface area contributed by atoms with Gasteiger partial charge in [0.25, 0.3) is 0 Å².